The highest BCUT2D eigenvalue weighted by atomic mass is 15.0. The van der Waals surface area contributed by atoms with Crippen LogP contribution in [0, 0.1) is 0 Å². The molecule has 0 unspecified atom stereocenters. The van der Waals surface area contributed by atoms with E-state index in [4.69, 9.17) is 0 Å². The van der Waals surface area contributed by atoms with Gasteiger partial charge >= 0.3 is 0 Å². The average Bonchev–Trinajstić information content (AvgIpc) is 1.57. The largest absolute Gasteiger partial charge is 0.309 e. The van der Waals surface area contributed by atoms with Gasteiger partial charge in [0.1, 0.15) is 0 Å². The first kappa shape index (κ1) is 82.5. The number of hydrogen-bond donors (Lipinski definition) is 0. The number of para-hydroxylation sites is 7. The second-order valence-corrected chi connectivity index (χ2v) is 38.9. The van der Waals surface area contributed by atoms with Gasteiger partial charge in [0.2, 0.25) is 0 Å². The van der Waals surface area contributed by atoms with E-state index in [1.165, 1.54) is 285 Å². The van der Waals surface area contributed by atoms with Gasteiger partial charge in [-0.05, 0) is 231 Å². The van der Waals surface area contributed by atoms with Crippen LogP contribution in [-0.2, 0) is 0 Å². The zero-order chi connectivity index (χ0) is 95.7. The normalized spacial score (nSPS) is 12.0. The van der Waals surface area contributed by atoms with Crippen LogP contribution in [0.3, 0.4) is 0 Å². The molecule has 0 saturated heterocycles. The van der Waals surface area contributed by atoms with E-state index in [0.717, 1.165) is 0 Å². The Morgan fingerprint density at radius 3 is 0.555 bits per heavy atom. The van der Waals surface area contributed by atoms with Crippen molar-refractivity contribution in [1.82, 2.24) is 27.4 Å². The Morgan fingerprint density at radius 1 is 0.0890 bits per heavy atom. The smallest absolute Gasteiger partial charge is 0.0547 e. The van der Waals surface area contributed by atoms with E-state index in [0.29, 0.717) is 0 Å². The summed E-state index contributed by atoms with van der Waals surface area (Å²) in [7, 11) is 0. The predicted octanol–water partition coefficient (Wildman–Crippen LogP) is 37.9. The third-order valence-electron chi connectivity index (χ3n) is 31.0. The van der Waals surface area contributed by atoms with Crippen molar-refractivity contribution in [2.75, 3.05) is 0 Å². The van der Waals surface area contributed by atoms with Crippen LogP contribution in [0.5, 0.6) is 0 Å². The molecule has 32 aromatic rings. The van der Waals surface area contributed by atoms with Gasteiger partial charge in [-0.15, -0.1) is 0 Å². The zero-order valence-electron chi connectivity index (χ0n) is 79.5. The Hall–Kier alpha value is -19.4. The van der Waals surface area contributed by atoms with Crippen LogP contribution in [0.15, 0.2) is 534 Å². The van der Waals surface area contributed by atoms with Crippen LogP contribution < -0.4 is 0 Å². The molecule has 0 fully saturated rings. The second-order valence-electron chi connectivity index (χ2n) is 38.9. The quantitative estimate of drug-likeness (QED) is 0.129. The maximum absolute atomic E-state index is 2.49. The predicted molar refractivity (Wildman–Crippen MR) is 622 cm³/mol. The molecule has 0 spiro atoms. The lowest BCUT2D eigenvalue weighted by atomic mass is 9.99. The van der Waals surface area contributed by atoms with Gasteiger partial charge in [0, 0.05) is 97.9 Å². The highest BCUT2D eigenvalue weighted by Gasteiger charge is 2.25. The van der Waals surface area contributed by atoms with E-state index < -0.39 is 0 Å². The molecule has 0 N–H and O–H groups in total. The molecule has 0 aliphatic rings. The van der Waals surface area contributed by atoms with Crippen molar-refractivity contribution < 1.29 is 0 Å². The average molecular weight is 1850 g/mol. The molecule has 6 heterocycles. The van der Waals surface area contributed by atoms with E-state index in [-0.39, 0.29) is 0 Å². The first-order chi connectivity index (χ1) is 72.4. The van der Waals surface area contributed by atoms with E-state index in [1.807, 2.05) is 0 Å². The molecule has 6 heteroatoms. The Labute approximate surface area is 839 Å². The fourth-order valence-corrected chi connectivity index (χ4v) is 24.4. The van der Waals surface area contributed by atoms with Gasteiger partial charge < -0.3 is 27.4 Å². The van der Waals surface area contributed by atoms with Crippen molar-refractivity contribution in [2.45, 2.75) is 0 Å². The summed E-state index contributed by atoms with van der Waals surface area (Å²) in [6.07, 6.45) is 0. The molecular weight excluding hydrogens is 1770 g/mol. The highest BCUT2D eigenvalue weighted by Crippen LogP contribution is 2.48. The maximum Gasteiger partial charge on any atom is 0.0547 e. The topological polar surface area (TPSA) is 29.6 Å². The summed E-state index contributed by atoms with van der Waals surface area (Å²) in [5.41, 5.74) is 28.9. The summed E-state index contributed by atoms with van der Waals surface area (Å²) in [5.74, 6) is 0. The highest BCUT2D eigenvalue weighted by molar-refractivity contribution is 6.22. The van der Waals surface area contributed by atoms with E-state index in [9.17, 15) is 0 Å². The van der Waals surface area contributed by atoms with Gasteiger partial charge in [-0.3, -0.25) is 0 Å². The minimum absolute atomic E-state index is 1.17. The lowest BCUT2D eigenvalue weighted by molar-refractivity contribution is 1.18. The molecule has 0 aliphatic heterocycles. The minimum atomic E-state index is 1.17. The number of hydrogen-bond acceptors (Lipinski definition) is 0. The van der Waals surface area contributed by atoms with Crippen molar-refractivity contribution >= 4 is 217 Å². The van der Waals surface area contributed by atoms with Gasteiger partial charge in [0.25, 0.3) is 0 Å². The summed E-state index contributed by atoms with van der Waals surface area (Å²) in [6, 6.07) is 196. The first-order valence-corrected chi connectivity index (χ1v) is 50.4. The van der Waals surface area contributed by atoms with Crippen LogP contribution in [0.4, 0.5) is 0 Å². The maximum atomic E-state index is 2.49. The summed E-state index contributed by atoms with van der Waals surface area (Å²) in [4.78, 5) is 0. The molecular formula is C140H88N6. The molecule has 0 bridgehead atoms. The van der Waals surface area contributed by atoms with E-state index >= 15 is 0 Å². The molecule has 0 radical (unpaired) electrons. The molecule has 678 valence electrons. The number of nitrogens with zero attached hydrogens (tertiary/aromatic N) is 6. The number of benzene rings is 26. The van der Waals surface area contributed by atoms with Crippen LogP contribution in [0.25, 0.3) is 285 Å². The number of rotatable bonds is 9. The molecule has 0 saturated carbocycles. The minimum Gasteiger partial charge on any atom is -0.309 e. The second kappa shape index (κ2) is 33.1. The van der Waals surface area contributed by atoms with Crippen LogP contribution in [0.1, 0.15) is 0 Å². The zero-order valence-corrected chi connectivity index (χ0v) is 79.5. The summed E-state index contributed by atoms with van der Waals surface area (Å²) in [6.45, 7) is 0. The third kappa shape index (κ3) is 13.0. The van der Waals surface area contributed by atoms with Crippen molar-refractivity contribution in [1.29, 1.82) is 0 Å². The Balaban J connectivity index is 0.000000102. The van der Waals surface area contributed by atoms with Crippen molar-refractivity contribution in [2.24, 2.45) is 0 Å². The molecule has 6 nitrogen and oxygen atoms in total. The summed E-state index contributed by atoms with van der Waals surface area (Å²) in [5, 5.41) is 35.3. The van der Waals surface area contributed by atoms with Gasteiger partial charge in [-0.2, -0.15) is 0 Å². The van der Waals surface area contributed by atoms with E-state index in [1.54, 1.807) is 0 Å². The Bertz CT molecular complexity index is 10700. The monoisotopic (exact) mass is 1850 g/mol. The third-order valence-corrected chi connectivity index (χ3v) is 31.0. The van der Waals surface area contributed by atoms with Crippen molar-refractivity contribution in [3.8, 4) is 67.5 Å². The standard InChI is InChI=1S/C52H32N2.2C44H28N2/c1-3-15-37-35(13-1)31-51(41-19-7-5-17-39(37)41)53-47-23-11-9-21-43(47)45-27-25-33(29-49(45)53)34-26-28-46-44-22-10-12-24-48(44)54(50(46)30-34)52-32-36-14-2-4-16-38(36)40-18-6-8-20-42(40)52;1-3-11-31-25-35(21-17-29(31)9-1)45-41-15-7-5-13-37(41)39-23-19-33(27-43(39)45)34-20-24-40-38-14-6-8-16-42(38)46(44(40)28-34)36-22-18-30-10-2-4-12-32(30)26-36;1-2-13-32(14-3-1)45-40-20-10-8-18-36(40)38-24-22-29(26-42(38)45)30-23-25-39-37-19-9-11-21-41(37)46(43(39)27-30)44-28-31-12-4-5-15-33(31)34-16-6-7-17-35(34)44/h1-32H;2*1-28H. The molecule has 6 aromatic heterocycles. The van der Waals surface area contributed by atoms with Gasteiger partial charge in [-0.1, -0.05) is 406 Å². The molecule has 0 amide bonds. The summed E-state index contributed by atoms with van der Waals surface area (Å²) < 4.78 is 14.7. The number of aromatic nitrogens is 6. The fraction of sp³-hybridized carbons (Fsp3) is 0. The van der Waals surface area contributed by atoms with Gasteiger partial charge in [0.15, 0.2) is 0 Å². The molecule has 26 aromatic carbocycles. The van der Waals surface area contributed by atoms with Crippen LogP contribution in [0.2, 0.25) is 0 Å². The molecule has 0 aliphatic carbocycles. The van der Waals surface area contributed by atoms with Crippen LogP contribution in [-0.4, -0.2) is 27.4 Å². The molecule has 146 heavy (non-hydrogen) atoms. The van der Waals surface area contributed by atoms with Crippen molar-refractivity contribution in [3.63, 3.8) is 0 Å². The van der Waals surface area contributed by atoms with Gasteiger partial charge in [-0.25, -0.2) is 0 Å². The fourth-order valence-electron chi connectivity index (χ4n) is 24.4. The van der Waals surface area contributed by atoms with Crippen molar-refractivity contribution in [3.05, 3.63) is 534 Å². The SMILES string of the molecule is c1ccc(-n2c3ccccc3c3ccc(-c4ccc5c6ccccc6n(-c6cc7ccccc7c7ccccc67)c5c4)cc32)cc1.c1ccc2c(c1)cc(-n1c3ccccc3c3ccc(-c4ccc5c6ccccc6n(-c6cc7ccccc7c7ccccc67)c5c4)cc31)c1ccccc12.c1ccc2cc(-n3c4ccccc4c4ccc(-c5ccc6c7ccccc7n(-c7ccc8ccccc8c7)c6c5)cc43)ccc2c1. The Morgan fingerprint density at radius 2 is 0.281 bits per heavy atom. The van der Waals surface area contributed by atoms with E-state index in [2.05, 4.69) is 561 Å². The lowest BCUT2D eigenvalue weighted by Gasteiger charge is -2.15. The van der Waals surface area contributed by atoms with Crippen LogP contribution >= 0.6 is 0 Å². The Kier molecular flexibility index (Phi) is 18.7. The molecule has 0 atom stereocenters. The first-order valence-electron chi connectivity index (χ1n) is 50.4. The lowest BCUT2D eigenvalue weighted by Crippen LogP contribution is -1.97. The molecule has 32 rings (SSSR count). The van der Waals surface area contributed by atoms with Gasteiger partial charge in [0.05, 0.1) is 83.3 Å². The summed E-state index contributed by atoms with van der Waals surface area (Å²) >= 11 is 0. The number of fused-ring (bicyclic) bond motifs is 29.